The molecule has 2 saturated heterocycles. The number of hydrogen-bond acceptors (Lipinski definition) is 5. The van der Waals surface area contributed by atoms with E-state index < -0.39 is 0 Å². The molecule has 0 aromatic carbocycles. The zero-order valence-electron chi connectivity index (χ0n) is 11.9. The number of thiazole rings is 1. The molecule has 0 saturated carbocycles. The van der Waals surface area contributed by atoms with Crippen molar-refractivity contribution in [3.05, 3.63) is 16.1 Å². The first-order valence-electron chi connectivity index (χ1n) is 7.39. The van der Waals surface area contributed by atoms with Gasteiger partial charge in [-0.2, -0.15) is 0 Å². The monoisotopic (exact) mass is 294 g/mol. The van der Waals surface area contributed by atoms with Crippen molar-refractivity contribution in [3.63, 3.8) is 0 Å². The maximum absolute atomic E-state index is 12.5. The maximum Gasteiger partial charge on any atom is 0.273 e. The van der Waals surface area contributed by atoms with Gasteiger partial charge in [-0.05, 0) is 26.3 Å². The van der Waals surface area contributed by atoms with Gasteiger partial charge < -0.3 is 10.6 Å². The Morgan fingerprint density at radius 3 is 3.05 bits per heavy atom. The zero-order chi connectivity index (χ0) is 14.1. The van der Waals surface area contributed by atoms with Gasteiger partial charge >= 0.3 is 0 Å². The summed E-state index contributed by atoms with van der Waals surface area (Å²) in [6, 6.07) is 0.449. The number of nitrogens with two attached hydrogens (primary N) is 1. The highest BCUT2D eigenvalue weighted by molar-refractivity contribution is 7.09. The number of fused-ring (bicyclic) bond motifs is 1. The quantitative estimate of drug-likeness (QED) is 0.897. The fourth-order valence-corrected chi connectivity index (χ4v) is 3.85. The Hall–Kier alpha value is -0.980. The average molecular weight is 294 g/mol. The molecular formula is C14H22N4OS. The molecule has 110 valence electrons. The molecule has 3 rings (SSSR count). The number of amides is 1. The Labute approximate surface area is 123 Å². The zero-order valence-corrected chi connectivity index (χ0v) is 12.7. The molecule has 2 aliphatic rings. The van der Waals surface area contributed by atoms with Gasteiger partial charge in [-0.25, -0.2) is 4.98 Å². The molecule has 2 atom stereocenters. The van der Waals surface area contributed by atoms with Crippen LogP contribution in [0.5, 0.6) is 0 Å². The molecule has 2 fully saturated rings. The third-order valence-electron chi connectivity index (χ3n) is 4.26. The fourth-order valence-electron chi connectivity index (χ4n) is 3.10. The van der Waals surface area contributed by atoms with E-state index in [1.165, 1.54) is 37.1 Å². The fraction of sp³-hybridized carbons (Fsp3) is 0.714. The molecule has 1 amide bonds. The lowest BCUT2D eigenvalue weighted by atomic mass is 9.99. The lowest BCUT2D eigenvalue weighted by Crippen LogP contribution is -2.56. The first kappa shape index (κ1) is 14.0. The SMILES string of the molecule is CC(N)c1nc(C(=O)N2CCN3CCCCC3C2)cs1. The lowest BCUT2D eigenvalue weighted by Gasteiger charge is -2.43. The predicted octanol–water partition coefficient (Wildman–Crippen LogP) is 1.47. The van der Waals surface area contributed by atoms with E-state index in [1.807, 2.05) is 17.2 Å². The normalized spacial score (nSPS) is 25.3. The van der Waals surface area contributed by atoms with Crippen molar-refractivity contribution in [2.45, 2.75) is 38.3 Å². The lowest BCUT2D eigenvalue weighted by molar-refractivity contribution is 0.0368. The summed E-state index contributed by atoms with van der Waals surface area (Å²) in [6.07, 6.45) is 3.80. The highest BCUT2D eigenvalue weighted by Crippen LogP contribution is 2.23. The summed E-state index contributed by atoms with van der Waals surface area (Å²) in [5, 5.41) is 2.68. The van der Waals surface area contributed by atoms with Crippen LogP contribution < -0.4 is 5.73 Å². The Bertz CT molecular complexity index is 487. The van der Waals surface area contributed by atoms with Crippen molar-refractivity contribution < 1.29 is 4.79 Å². The van der Waals surface area contributed by atoms with Crippen LogP contribution in [0.1, 0.15) is 47.7 Å². The second-order valence-corrected chi connectivity index (χ2v) is 6.69. The minimum Gasteiger partial charge on any atom is -0.334 e. The van der Waals surface area contributed by atoms with Crippen molar-refractivity contribution in [2.75, 3.05) is 26.2 Å². The van der Waals surface area contributed by atoms with Crippen molar-refractivity contribution >= 4 is 17.2 Å². The summed E-state index contributed by atoms with van der Waals surface area (Å²) in [4.78, 5) is 21.4. The molecule has 6 heteroatoms. The Balaban J connectivity index is 1.67. The summed E-state index contributed by atoms with van der Waals surface area (Å²) in [6.45, 7) is 5.76. The Morgan fingerprint density at radius 2 is 2.30 bits per heavy atom. The van der Waals surface area contributed by atoms with Crippen LogP contribution in [0.4, 0.5) is 0 Å². The van der Waals surface area contributed by atoms with Crippen molar-refractivity contribution in [1.29, 1.82) is 0 Å². The number of piperazine rings is 1. The standard InChI is InChI=1S/C14H22N4OS/c1-10(15)13-16-12(9-20-13)14(19)18-7-6-17-5-3-2-4-11(17)8-18/h9-11H,2-8,15H2,1H3. The van der Waals surface area contributed by atoms with Crippen LogP contribution in [0.15, 0.2) is 5.38 Å². The molecule has 5 nitrogen and oxygen atoms in total. The Kier molecular flexibility index (Phi) is 4.05. The van der Waals surface area contributed by atoms with Gasteiger partial charge in [-0.15, -0.1) is 11.3 Å². The van der Waals surface area contributed by atoms with E-state index in [9.17, 15) is 4.79 Å². The summed E-state index contributed by atoms with van der Waals surface area (Å²) < 4.78 is 0. The third-order valence-corrected chi connectivity index (χ3v) is 5.30. The smallest absolute Gasteiger partial charge is 0.273 e. The molecule has 0 spiro atoms. The van der Waals surface area contributed by atoms with Gasteiger partial charge in [0.15, 0.2) is 0 Å². The highest BCUT2D eigenvalue weighted by atomic mass is 32.1. The second kappa shape index (κ2) is 5.79. The van der Waals surface area contributed by atoms with E-state index in [4.69, 9.17) is 5.73 Å². The minimum absolute atomic E-state index is 0.0679. The number of piperidine rings is 1. The van der Waals surface area contributed by atoms with E-state index in [0.29, 0.717) is 11.7 Å². The number of carbonyl (C=O) groups is 1. The average Bonchev–Trinajstić information content (AvgIpc) is 2.96. The van der Waals surface area contributed by atoms with E-state index in [-0.39, 0.29) is 11.9 Å². The van der Waals surface area contributed by atoms with Gasteiger partial charge in [-0.1, -0.05) is 6.42 Å². The minimum atomic E-state index is -0.100. The summed E-state index contributed by atoms with van der Waals surface area (Å²) in [7, 11) is 0. The van der Waals surface area contributed by atoms with Crippen LogP contribution >= 0.6 is 11.3 Å². The largest absolute Gasteiger partial charge is 0.334 e. The van der Waals surface area contributed by atoms with Crippen molar-refractivity contribution in [3.8, 4) is 0 Å². The van der Waals surface area contributed by atoms with Crippen LogP contribution in [0, 0.1) is 0 Å². The molecule has 0 bridgehead atoms. The maximum atomic E-state index is 12.5. The molecule has 1 aromatic rings. The molecule has 2 N–H and O–H groups in total. The van der Waals surface area contributed by atoms with Crippen LogP contribution in [0.3, 0.4) is 0 Å². The van der Waals surface area contributed by atoms with Crippen LogP contribution in [-0.4, -0.2) is 52.9 Å². The second-order valence-electron chi connectivity index (χ2n) is 5.80. The van der Waals surface area contributed by atoms with Crippen molar-refractivity contribution in [1.82, 2.24) is 14.8 Å². The molecule has 2 aliphatic heterocycles. The van der Waals surface area contributed by atoms with Gasteiger partial charge in [0.1, 0.15) is 10.7 Å². The number of nitrogens with zero attached hydrogens (tertiary/aromatic N) is 3. The number of hydrogen-bond donors (Lipinski definition) is 1. The Morgan fingerprint density at radius 1 is 1.45 bits per heavy atom. The van der Waals surface area contributed by atoms with Gasteiger partial charge in [0.05, 0.1) is 6.04 Å². The third kappa shape index (κ3) is 2.73. The van der Waals surface area contributed by atoms with Gasteiger partial charge in [0.2, 0.25) is 0 Å². The van der Waals surface area contributed by atoms with Crippen LogP contribution in [0.2, 0.25) is 0 Å². The van der Waals surface area contributed by atoms with Crippen LogP contribution in [0.25, 0.3) is 0 Å². The van der Waals surface area contributed by atoms with Gasteiger partial charge in [0, 0.05) is 31.1 Å². The van der Waals surface area contributed by atoms with E-state index in [1.54, 1.807) is 0 Å². The van der Waals surface area contributed by atoms with E-state index >= 15 is 0 Å². The first-order chi connectivity index (χ1) is 9.65. The number of carbonyl (C=O) groups excluding carboxylic acids is 1. The molecular weight excluding hydrogens is 272 g/mol. The van der Waals surface area contributed by atoms with Crippen molar-refractivity contribution in [2.24, 2.45) is 5.73 Å². The molecule has 3 heterocycles. The summed E-state index contributed by atoms with van der Waals surface area (Å²) in [5.41, 5.74) is 6.37. The van der Waals surface area contributed by atoms with Gasteiger partial charge in [0.25, 0.3) is 5.91 Å². The number of rotatable bonds is 2. The molecule has 20 heavy (non-hydrogen) atoms. The first-order valence-corrected chi connectivity index (χ1v) is 8.27. The predicted molar refractivity (Wildman–Crippen MR) is 79.8 cm³/mol. The topological polar surface area (TPSA) is 62.5 Å². The van der Waals surface area contributed by atoms with Crippen LogP contribution in [-0.2, 0) is 0 Å². The van der Waals surface area contributed by atoms with E-state index in [2.05, 4.69) is 9.88 Å². The molecule has 0 radical (unpaired) electrons. The van der Waals surface area contributed by atoms with Gasteiger partial charge in [-0.3, -0.25) is 9.69 Å². The summed E-state index contributed by atoms with van der Waals surface area (Å²) >= 11 is 1.48. The highest BCUT2D eigenvalue weighted by Gasteiger charge is 2.32. The summed E-state index contributed by atoms with van der Waals surface area (Å²) in [5.74, 6) is 0.0679. The van der Waals surface area contributed by atoms with E-state index in [0.717, 1.165) is 24.6 Å². The molecule has 0 aliphatic carbocycles. The molecule has 2 unspecified atom stereocenters. The number of aromatic nitrogens is 1. The molecule has 1 aromatic heterocycles.